The van der Waals surface area contributed by atoms with Crippen molar-refractivity contribution in [3.63, 3.8) is 0 Å². The van der Waals surface area contributed by atoms with Crippen LogP contribution in [0.25, 0.3) is 0 Å². The van der Waals surface area contributed by atoms with Gasteiger partial charge in [-0.1, -0.05) is 12.1 Å². The Kier molecular flexibility index (Phi) is 4.59. The molecule has 4 nitrogen and oxygen atoms in total. The van der Waals surface area contributed by atoms with Gasteiger partial charge in [0.15, 0.2) is 11.5 Å². The second kappa shape index (κ2) is 6.24. The monoisotopic (exact) mass is 303 g/mol. The number of methoxy groups -OCH3 is 1. The van der Waals surface area contributed by atoms with E-state index in [1.54, 1.807) is 13.2 Å². The van der Waals surface area contributed by atoms with E-state index in [1.165, 1.54) is 0 Å². The van der Waals surface area contributed by atoms with Crippen LogP contribution in [0.3, 0.4) is 0 Å². The maximum absolute atomic E-state index is 12.1. The van der Waals surface area contributed by atoms with Gasteiger partial charge in [0.25, 0.3) is 0 Å². The van der Waals surface area contributed by atoms with Crippen molar-refractivity contribution in [3.8, 4) is 11.5 Å². The zero-order valence-corrected chi connectivity index (χ0v) is 11.5. The molecule has 1 aliphatic rings. The third kappa shape index (κ3) is 4.27. The first-order valence-electron chi connectivity index (χ1n) is 6.51. The lowest BCUT2D eigenvalue weighted by Gasteiger charge is -2.26. The molecule has 1 heterocycles. The van der Waals surface area contributed by atoms with Gasteiger partial charge in [0.05, 0.1) is 13.7 Å². The first-order valence-corrected chi connectivity index (χ1v) is 6.51. The minimum absolute atomic E-state index is 0.0539. The number of hydrogen-bond donors (Lipinski definition) is 1. The van der Waals surface area contributed by atoms with Crippen LogP contribution in [0.2, 0.25) is 0 Å². The molecule has 0 bridgehead atoms. The Balaban J connectivity index is 1.89. The number of carbonyl (C=O) groups is 1. The smallest absolute Gasteiger partial charge is 0.397 e. The van der Waals surface area contributed by atoms with Crippen molar-refractivity contribution in [1.29, 1.82) is 0 Å². The summed E-state index contributed by atoms with van der Waals surface area (Å²) in [6.07, 6.45) is -5.31. The molecule has 7 heteroatoms. The van der Waals surface area contributed by atoms with Crippen molar-refractivity contribution in [2.45, 2.75) is 19.0 Å². The number of ether oxygens (including phenoxy) is 2. The average molecular weight is 303 g/mol. The highest BCUT2D eigenvalue weighted by Gasteiger charge is 2.31. The number of amides is 1. The Hall–Kier alpha value is -1.92. The molecule has 116 valence electrons. The zero-order chi connectivity index (χ0) is 15.5. The summed E-state index contributed by atoms with van der Waals surface area (Å²) in [6, 6.07) is 5.48. The van der Waals surface area contributed by atoms with Crippen molar-refractivity contribution in [1.82, 2.24) is 5.32 Å². The summed E-state index contributed by atoms with van der Waals surface area (Å²) in [6.45, 7) is 0.491. The lowest BCUT2D eigenvalue weighted by molar-refractivity contribution is -0.153. The molecule has 21 heavy (non-hydrogen) atoms. The van der Waals surface area contributed by atoms with Crippen LogP contribution in [0.1, 0.15) is 12.0 Å². The number of carbonyl (C=O) groups excluding carboxylic acids is 1. The molecule has 0 saturated carbocycles. The molecule has 1 N–H and O–H groups in total. The molecule has 0 aliphatic carbocycles. The predicted octanol–water partition coefficient (Wildman–Crippen LogP) is 2.31. The maximum atomic E-state index is 12.1. The molecular formula is C14H16F3NO3. The highest BCUT2D eigenvalue weighted by atomic mass is 19.4. The first-order chi connectivity index (χ1) is 9.89. The molecule has 1 amide bonds. The summed E-state index contributed by atoms with van der Waals surface area (Å²) in [5, 5.41) is 2.30. The Bertz CT molecular complexity index is 517. The van der Waals surface area contributed by atoms with E-state index in [1.807, 2.05) is 12.1 Å². The summed E-state index contributed by atoms with van der Waals surface area (Å²) in [5.74, 6) is 0.227. The molecule has 0 aromatic heterocycles. The van der Waals surface area contributed by atoms with Crippen molar-refractivity contribution < 1.29 is 27.4 Å². The van der Waals surface area contributed by atoms with Crippen molar-refractivity contribution in [2.24, 2.45) is 5.92 Å². The molecule has 1 aromatic rings. The van der Waals surface area contributed by atoms with E-state index in [9.17, 15) is 18.0 Å². The second-order valence-electron chi connectivity index (χ2n) is 4.93. The molecule has 1 aliphatic heterocycles. The van der Waals surface area contributed by atoms with Crippen LogP contribution in [0.5, 0.6) is 11.5 Å². The van der Waals surface area contributed by atoms with Gasteiger partial charge in [0.2, 0.25) is 5.91 Å². The summed E-state index contributed by atoms with van der Waals surface area (Å²) in [5.41, 5.74) is 0.927. The first kappa shape index (κ1) is 15.5. The topological polar surface area (TPSA) is 47.6 Å². The zero-order valence-electron chi connectivity index (χ0n) is 11.5. The second-order valence-corrected chi connectivity index (χ2v) is 4.93. The third-order valence-electron chi connectivity index (χ3n) is 3.20. The number of nitrogens with one attached hydrogen (secondary N) is 1. The number of benzene rings is 1. The number of rotatable bonds is 4. The van der Waals surface area contributed by atoms with Crippen molar-refractivity contribution in [2.75, 3.05) is 20.3 Å². The van der Waals surface area contributed by atoms with E-state index >= 15 is 0 Å². The summed E-state index contributed by atoms with van der Waals surface area (Å²) < 4.78 is 46.9. The molecular weight excluding hydrogens is 287 g/mol. The Morgan fingerprint density at radius 1 is 1.48 bits per heavy atom. The van der Waals surface area contributed by atoms with Gasteiger partial charge in [-0.25, -0.2) is 0 Å². The van der Waals surface area contributed by atoms with Gasteiger partial charge in [-0.05, 0) is 18.1 Å². The summed E-state index contributed by atoms with van der Waals surface area (Å²) in [7, 11) is 1.54. The Morgan fingerprint density at radius 3 is 2.90 bits per heavy atom. The molecule has 2 rings (SSSR count). The summed E-state index contributed by atoms with van der Waals surface area (Å²) in [4.78, 5) is 11.2. The third-order valence-corrected chi connectivity index (χ3v) is 3.20. The molecule has 0 fully saturated rings. The molecule has 0 saturated heterocycles. The van der Waals surface area contributed by atoms with Gasteiger partial charge in [0, 0.05) is 12.5 Å². The molecule has 1 aromatic carbocycles. The number of halogens is 3. The van der Waals surface area contributed by atoms with E-state index in [2.05, 4.69) is 5.32 Å². The van der Waals surface area contributed by atoms with Crippen LogP contribution >= 0.6 is 0 Å². The molecule has 0 unspecified atom stereocenters. The SMILES string of the molecule is COc1cccc2c1OC[C@@H](CNC(=O)CC(F)(F)F)C2. The highest BCUT2D eigenvalue weighted by Crippen LogP contribution is 2.35. The van der Waals surface area contributed by atoms with E-state index in [4.69, 9.17) is 9.47 Å². The number of alkyl halides is 3. The standard InChI is InChI=1S/C14H16F3NO3/c1-20-11-4-2-3-10-5-9(8-21-13(10)11)7-18-12(19)6-14(15,16)17/h2-4,9H,5-8H2,1H3,(H,18,19)/t9-/m1/s1. The van der Waals surface area contributed by atoms with Gasteiger partial charge in [0.1, 0.15) is 6.42 Å². The fourth-order valence-corrected chi connectivity index (χ4v) is 2.25. The highest BCUT2D eigenvalue weighted by molar-refractivity contribution is 5.76. The predicted molar refractivity (Wildman–Crippen MR) is 69.4 cm³/mol. The minimum Gasteiger partial charge on any atom is -0.493 e. The summed E-state index contributed by atoms with van der Waals surface area (Å²) >= 11 is 0. The number of para-hydroxylation sites is 1. The number of fused-ring (bicyclic) bond motifs is 1. The quantitative estimate of drug-likeness (QED) is 0.928. The fourth-order valence-electron chi connectivity index (χ4n) is 2.25. The average Bonchev–Trinajstić information content (AvgIpc) is 2.42. The number of hydrogen-bond acceptors (Lipinski definition) is 3. The van der Waals surface area contributed by atoms with Crippen LogP contribution in [0, 0.1) is 5.92 Å². The van der Waals surface area contributed by atoms with E-state index in [-0.39, 0.29) is 12.5 Å². The molecule has 0 spiro atoms. The molecule has 0 radical (unpaired) electrons. The largest absolute Gasteiger partial charge is 0.493 e. The van der Waals surface area contributed by atoms with Gasteiger partial charge in [-0.2, -0.15) is 13.2 Å². The lowest BCUT2D eigenvalue weighted by Crippen LogP contribution is -2.36. The maximum Gasteiger partial charge on any atom is 0.397 e. The van der Waals surface area contributed by atoms with Crippen molar-refractivity contribution in [3.05, 3.63) is 23.8 Å². The fraction of sp³-hybridized carbons (Fsp3) is 0.500. The van der Waals surface area contributed by atoms with E-state index in [0.717, 1.165) is 5.56 Å². The minimum atomic E-state index is -4.48. The van der Waals surface area contributed by atoms with Crippen LogP contribution < -0.4 is 14.8 Å². The van der Waals surface area contributed by atoms with Crippen LogP contribution in [-0.4, -0.2) is 32.3 Å². The van der Waals surface area contributed by atoms with Gasteiger partial charge in [-0.15, -0.1) is 0 Å². The van der Waals surface area contributed by atoms with Gasteiger partial charge >= 0.3 is 6.18 Å². The normalized spacial score (nSPS) is 17.6. The Labute approximate surface area is 120 Å². The van der Waals surface area contributed by atoms with Gasteiger partial charge in [-0.3, -0.25) is 4.79 Å². The van der Waals surface area contributed by atoms with Crippen LogP contribution in [-0.2, 0) is 11.2 Å². The van der Waals surface area contributed by atoms with E-state index < -0.39 is 18.5 Å². The molecule has 1 atom stereocenters. The van der Waals surface area contributed by atoms with E-state index in [0.29, 0.717) is 24.5 Å². The van der Waals surface area contributed by atoms with Gasteiger partial charge < -0.3 is 14.8 Å². The lowest BCUT2D eigenvalue weighted by atomic mass is 9.96. The Morgan fingerprint density at radius 2 is 2.24 bits per heavy atom. The van der Waals surface area contributed by atoms with Crippen LogP contribution in [0.15, 0.2) is 18.2 Å². The van der Waals surface area contributed by atoms with Crippen LogP contribution in [0.4, 0.5) is 13.2 Å². The van der Waals surface area contributed by atoms with Crippen molar-refractivity contribution >= 4 is 5.91 Å².